The molecule has 2 atom stereocenters. The van der Waals surface area contributed by atoms with Crippen molar-refractivity contribution in [3.8, 4) is 0 Å². The first-order valence-corrected chi connectivity index (χ1v) is 7.88. The van der Waals surface area contributed by atoms with Crippen molar-refractivity contribution in [2.45, 2.75) is 64.0 Å². The number of nitrogens with zero attached hydrogens (tertiary/aromatic N) is 2. The molecule has 0 spiro atoms. The van der Waals surface area contributed by atoms with Crippen LogP contribution in [0, 0.1) is 11.8 Å². The average Bonchev–Trinajstić information content (AvgIpc) is 3.07. The maximum Gasteiger partial charge on any atom is 0.243 e. The Bertz CT molecular complexity index is 438. The van der Waals surface area contributed by atoms with Crippen molar-refractivity contribution in [3.05, 3.63) is 11.7 Å². The average molecular weight is 279 g/mol. The van der Waals surface area contributed by atoms with E-state index < -0.39 is 0 Å². The molecule has 1 saturated carbocycles. The SMILES string of the molecule is CC(C)C1CCC(c2noc([C@@H]3C[C@H](O)CN3)n2)CC1. The highest BCUT2D eigenvalue weighted by atomic mass is 16.5. The maximum absolute atomic E-state index is 9.55. The Kier molecular flexibility index (Phi) is 4.08. The molecule has 1 saturated heterocycles. The number of nitrogens with one attached hydrogen (secondary N) is 1. The number of aromatic nitrogens is 2. The van der Waals surface area contributed by atoms with Crippen LogP contribution in [0.2, 0.25) is 0 Å². The van der Waals surface area contributed by atoms with Crippen molar-refractivity contribution in [2.24, 2.45) is 11.8 Å². The van der Waals surface area contributed by atoms with Crippen LogP contribution in [0.5, 0.6) is 0 Å². The third kappa shape index (κ3) is 2.88. The summed E-state index contributed by atoms with van der Waals surface area (Å²) in [6.45, 7) is 5.24. The zero-order valence-corrected chi connectivity index (χ0v) is 12.4. The van der Waals surface area contributed by atoms with Crippen molar-refractivity contribution < 1.29 is 9.63 Å². The summed E-state index contributed by atoms with van der Waals surface area (Å²) >= 11 is 0. The molecule has 5 heteroatoms. The Morgan fingerprint density at radius 2 is 2.00 bits per heavy atom. The van der Waals surface area contributed by atoms with Crippen molar-refractivity contribution in [3.63, 3.8) is 0 Å². The Labute approximate surface area is 120 Å². The molecule has 112 valence electrons. The summed E-state index contributed by atoms with van der Waals surface area (Å²) < 4.78 is 5.39. The van der Waals surface area contributed by atoms with Gasteiger partial charge in [0.1, 0.15) is 0 Å². The minimum Gasteiger partial charge on any atom is -0.392 e. The quantitative estimate of drug-likeness (QED) is 0.889. The number of rotatable bonds is 3. The fourth-order valence-corrected chi connectivity index (χ4v) is 3.50. The van der Waals surface area contributed by atoms with Crippen molar-refractivity contribution in [2.75, 3.05) is 6.54 Å². The predicted octanol–water partition coefficient (Wildman–Crippen LogP) is 2.39. The molecule has 2 fully saturated rings. The monoisotopic (exact) mass is 279 g/mol. The number of aliphatic hydroxyl groups excluding tert-OH is 1. The smallest absolute Gasteiger partial charge is 0.243 e. The molecular weight excluding hydrogens is 254 g/mol. The number of hydrogen-bond acceptors (Lipinski definition) is 5. The van der Waals surface area contributed by atoms with Crippen LogP contribution in [-0.4, -0.2) is 27.9 Å². The van der Waals surface area contributed by atoms with Gasteiger partial charge in [-0.15, -0.1) is 0 Å². The zero-order valence-electron chi connectivity index (χ0n) is 12.4. The molecule has 1 aliphatic heterocycles. The molecule has 5 nitrogen and oxygen atoms in total. The summed E-state index contributed by atoms with van der Waals surface area (Å²) in [5.41, 5.74) is 0. The molecule has 0 aromatic carbocycles. The minimum atomic E-state index is -0.295. The molecule has 1 aromatic heterocycles. The van der Waals surface area contributed by atoms with Crippen LogP contribution in [0.4, 0.5) is 0 Å². The van der Waals surface area contributed by atoms with Gasteiger partial charge in [-0.2, -0.15) is 4.98 Å². The van der Waals surface area contributed by atoms with E-state index in [4.69, 9.17) is 4.52 Å². The fourth-order valence-electron chi connectivity index (χ4n) is 3.50. The number of aliphatic hydroxyl groups is 1. The van der Waals surface area contributed by atoms with Crippen LogP contribution in [0.25, 0.3) is 0 Å². The van der Waals surface area contributed by atoms with Crippen molar-refractivity contribution in [1.29, 1.82) is 0 Å². The third-order valence-corrected chi connectivity index (χ3v) is 4.94. The summed E-state index contributed by atoms with van der Waals surface area (Å²) in [7, 11) is 0. The van der Waals surface area contributed by atoms with Gasteiger partial charge in [0, 0.05) is 12.5 Å². The molecule has 2 aliphatic rings. The van der Waals surface area contributed by atoms with Gasteiger partial charge in [-0.1, -0.05) is 19.0 Å². The molecule has 0 unspecified atom stereocenters. The number of β-amino-alcohol motifs (C(OH)–C–C–N with tert-alkyl or cyclic N) is 1. The Hall–Kier alpha value is -0.940. The standard InChI is InChI=1S/C15H25N3O2/c1-9(2)10-3-5-11(6-4-10)14-17-15(20-18-14)13-7-12(19)8-16-13/h9-13,16,19H,3-8H2,1-2H3/t10?,11?,12-,13-/m0/s1. The highest BCUT2D eigenvalue weighted by Crippen LogP contribution is 2.38. The van der Waals surface area contributed by atoms with E-state index in [2.05, 4.69) is 29.3 Å². The summed E-state index contributed by atoms with van der Waals surface area (Å²) in [4.78, 5) is 4.57. The van der Waals surface area contributed by atoms with Crippen LogP contribution in [0.1, 0.15) is 69.6 Å². The normalized spacial score (nSPS) is 34.8. The lowest BCUT2D eigenvalue weighted by Gasteiger charge is -2.29. The zero-order chi connectivity index (χ0) is 14.1. The predicted molar refractivity (Wildman–Crippen MR) is 75.2 cm³/mol. The van der Waals surface area contributed by atoms with Crippen LogP contribution in [0.15, 0.2) is 4.52 Å². The van der Waals surface area contributed by atoms with E-state index in [-0.39, 0.29) is 12.1 Å². The second kappa shape index (κ2) is 5.82. The van der Waals surface area contributed by atoms with Gasteiger partial charge >= 0.3 is 0 Å². The first-order valence-electron chi connectivity index (χ1n) is 7.88. The molecule has 20 heavy (non-hydrogen) atoms. The van der Waals surface area contributed by atoms with Crippen molar-refractivity contribution >= 4 is 0 Å². The molecule has 1 aliphatic carbocycles. The Morgan fingerprint density at radius 3 is 2.60 bits per heavy atom. The van der Waals surface area contributed by atoms with E-state index in [0.717, 1.165) is 17.7 Å². The van der Waals surface area contributed by atoms with E-state index in [9.17, 15) is 5.11 Å². The lowest BCUT2D eigenvalue weighted by atomic mass is 9.77. The first kappa shape index (κ1) is 14.0. The van der Waals surface area contributed by atoms with Gasteiger partial charge in [-0.3, -0.25) is 0 Å². The van der Waals surface area contributed by atoms with Crippen LogP contribution in [-0.2, 0) is 0 Å². The fraction of sp³-hybridized carbons (Fsp3) is 0.867. The van der Waals surface area contributed by atoms with Crippen LogP contribution in [0.3, 0.4) is 0 Å². The van der Waals surface area contributed by atoms with E-state index in [1.165, 1.54) is 25.7 Å². The molecular formula is C15H25N3O2. The van der Waals surface area contributed by atoms with Crippen LogP contribution >= 0.6 is 0 Å². The molecule has 3 rings (SSSR count). The summed E-state index contributed by atoms with van der Waals surface area (Å²) in [6.07, 6.45) is 5.25. The number of hydrogen-bond donors (Lipinski definition) is 2. The van der Waals surface area contributed by atoms with E-state index in [1.54, 1.807) is 0 Å². The second-order valence-electron chi connectivity index (χ2n) is 6.70. The second-order valence-corrected chi connectivity index (χ2v) is 6.70. The van der Waals surface area contributed by atoms with E-state index in [0.29, 0.717) is 24.8 Å². The molecule has 0 radical (unpaired) electrons. The lowest BCUT2D eigenvalue weighted by molar-refractivity contribution is 0.191. The van der Waals surface area contributed by atoms with Gasteiger partial charge in [-0.25, -0.2) is 0 Å². The Morgan fingerprint density at radius 1 is 1.25 bits per heavy atom. The van der Waals surface area contributed by atoms with Gasteiger partial charge < -0.3 is 14.9 Å². The Balaban J connectivity index is 1.60. The largest absolute Gasteiger partial charge is 0.392 e. The van der Waals surface area contributed by atoms with Crippen LogP contribution < -0.4 is 5.32 Å². The van der Waals surface area contributed by atoms with Gasteiger partial charge in [0.25, 0.3) is 0 Å². The molecule has 1 aromatic rings. The summed E-state index contributed by atoms with van der Waals surface area (Å²) in [5.74, 6) is 3.59. The minimum absolute atomic E-state index is 0.0262. The maximum atomic E-state index is 9.55. The van der Waals surface area contributed by atoms with Gasteiger partial charge in [-0.05, 0) is 43.9 Å². The van der Waals surface area contributed by atoms with Gasteiger partial charge in [0.15, 0.2) is 5.82 Å². The van der Waals surface area contributed by atoms with Gasteiger partial charge in [0.05, 0.1) is 12.1 Å². The lowest BCUT2D eigenvalue weighted by Crippen LogP contribution is -2.18. The first-order chi connectivity index (χ1) is 9.63. The highest BCUT2D eigenvalue weighted by Gasteiger charge is 2.31. The summed E-state index contributed by atoms with van der Waals surface area (Å²) in [5, 5.41) is 16.9. The molecule has 2 heterocycles. The molecule has 0 bridgehead atoms. The van der Waals surface area contributed by atoms with Crippen molar-refractivity contribution in [1.82, 2.24) is 15.5 Å². The third-order valence-electron chi connectivity index (χ3n) is 4.94. The highest BCUT2D eigenvalue weighted by molar-refractivity contribution is 5.02. The summed E-state index contributed by atoms with van der Waals surface area (Å²) in [6, 6.07) is 0.0262. The van der Waals surface area contributed by atoms with E-state index >= 15 is 0 Å². The van der Waals surface area contributed by atoms with E-state index in [1.807, 2.05) is 0 Å². The molecule has 0 amide bonds. The molecule has 2 N–H and O–H groups in total. The van der Waals surface area contributed by atoms with Gasteiger partial charge in [0.2, 0.25) is 5.89 Å². The topological polar surface area (TPSA) is 71.2 Å².